The molecule has 7 heteroatoms. The number of hydrogen-bond acceptors (Lipinski definition) is 5. The van der Waals surface area contributed by atoms with Crippen molar-refractivity contribution in [1.82, 2.24) is 0 Å². The van der Waals surface area contributed by atoms with Crippen LogP contribution >= 0.6 is 35.0 Å². The van der Waals surface area contributed by atoms with Crippen molar-refractivity contribution in [1.29, 1.82) is 0 Å². The van der Waals surface area contributed by atoms with Gasteiger partial charge in [-0.1, -0.05) is 53.2 Å². The van der Waals surface area contributed by atoms with Gasteiger partial charge in [-0.25, -0.2) is 0 Å². The van der Waals surface area contributed by atoms with Crippen molar-refractivity contribution in [3.05, 3.63) is 81.2 Å². The van der Waals surface area contributed by atoms with Gasteiger partial charge in [-0.05, 0) is 47.1 Å². The molecule has 132 valence electrons. The van der Waals surface area contributed by atoms with Gasteiger partial charge in [0.15, 0.2) is 0 Å². The fraction of sp³-hybridized carbons (Fsp3) is 0.0526. The van der Waals surface area contributed by atoms with E-state index >= 15 is 0 Å². The number of anilines is 1. The molecule has 0 aromatic heterocycles. The molecule has 3 rings (SSSR count). The van der Waals surface area contributed by atoms with Crippen LogP contribution in [0.2, 0.25) is 10.0 Å². The van der Waals surface area contributed by atoms with Crippen molar-refractivity contribution >= 4 is 46.3 Å². The van der Waals surface area contributed by atoms with Gasteiger partial charge in [-0.3, -0.25) is 0 Å². The van der Waals surface area contributed by atoms with Crippen LogP contribution in [0, 0.1) is 4.91 Å². The van der Waals surface area contributed by atoms with Gasteiger partial charge in [0.05, 0.1) is 15.7 Å². The highest BCUT2D eigenvalue weighted by molar-refractivity contribution is 7.99. The highest BCUT2D eigenvalue weighted by Crippen LogP contribution is 2.35. The number of nitrogens with zero attached hydrogens (tertiary/aromatic N) is 1. The molecule has 26 heavy (non-hydrogen) atoms. The van der Waals surface area contributed by atoms with Crippen molar-refractivity contribution < 1.29 is 5.11 Å². The highest BCUT2D eigenvalue weighted by atomic mass is 35.5. The summed E-state index contributed by atoms with van der Waals surface area (Å²) < 4.78 is 0. The molecule has 3 aromatic rings. The number of hydrogen-bond donors (Lipinski definition) is 2. The second-order valence-electron chi connectivity index (χ2n) is 5.43. The van der Waals surface area contributed by atoms with Crippen molar-refractivity contribution in [3.63, 3.8) is 0 Å². The quantitative estimate of drug-likeness (QED) is 0.347. The summed E-state index contributed by atoms with van der Waals surface area (Å²) in [5.74, 6) is -0.0169. The van der Waals surface area contributed by atoms with E-state index in [-0.39, 0.29) is 11.4 Å². The predicted octanol–water partition coefficient (Wildman–Crippen LogP) is 6.86. The molecule has 0 spiro atoms. The molecule has 0 radical (unpaired) electrons. The molecule has 3 aromatic carbocycles. The Morgan fingerprint density at radius 1 is 1.00 bits per heavy atom. The summed E-state index contributed by atoms with van der Waals surface area (Å²) >= 11 is 13.6. The number of halogens is 2. The van der Waals surface area contributed by atoms with E-state index in [0.717, 1.165) is 15.4 Å². The van der Waals surface area contributed by atoms with Crippen molar-refractivity contribution in [3.8, 4) is 5.75 Å². The van der Waals surface area contributed by atoms with E-state index in [4.69, 9.17) is 23.2 Å². The standard InChI is InChI=1S/C19H14Cl2N2O2S/c20-15-7-6-14(10-16(15)21)26-19-4-2-1-3-12(19)11-22-17-8-5-13(23-25)9-18(17)24/h1-10,22,24H,11H2. The van der Waals surface area contributed by atoms with Gasteiger partial charge in [0.25, 0.3) is 0 Å². The molecule has 0 bridgehead atoms. The van der Waals surface area contributed by atoms with Crippen LogP contribution in [0.1, 0.15) is 5.56 Å². The zero-order chi connectivity index (χ0) is 18.5. The van der Waals surface area contributed by atoms with Gasteiger partial charge in [-0.2, -0.15) is 0 Å². The second-order valence-corrected chi connectivity index (χ2v) is 7.36. The lowest BCUT2D eigenvalue weighted by Gasteiger charge is -2.12. The Bertz CT molecular complexity index is 951. The van der Waals surface area contributed by atoms with E-state index in [1.54, 1.807) is 30.0 Å². The number of rotatable bonds is 6. The molecule has 0 heterocycles. The van der Waals surface area contributed by atoms with Gasteiger partial charge < -0.3 is 10.4 Å². The van der Waals surface area contributed by atoms with Crippen LogP contribution in [0.4, 0.5) is 11.4 Å². The summed E-state index contributed by atoms with van der Waals surface area (Å²) in [5, 5.41) is 17.0. The normalized spacial score (nSPS) is 10.5. The average molecular weight is 405 g/mol. The zero-order valence-corrected chi connectivity index (χ0v) is 15.8. The SMILES string of the molecule is O=Nc1ccc(NCc2ccccc2Sc2ccc(Cl)c(Cl)c2)c(O)c1. The van der Waals surface area contributed by atoms with E-state index < -0.39 is 0 Å². The number of phenolic OH excluding ortho intramolecular Hbond substituents is 1. The lowest BCUT2D eigenvalue weighted by molar-refractivity contribution is 0.477. The second kappa shape index (κ2) is 8.45. The smallest absolute Gasteiger partial charge is 0.140 e. The maximum atomic E-state index is 10.5. The van der Waals surface area contributed by atoms with Crippen molar-refractivity contribution in [2.45, 2.75) is 16.3 Å². The van der Waals surface area contributed by atoms with E-state index in [1.165, 1.54) is 6.07 Å². The molecule has 0 atom stereocenters. The molecular weight excluding hydrogens is 391 g/mol. The first-order chi connectivity index (χ1) is 12.6. The summed E-state index contributed by atoms with van der Waals surface area (Å²) in [6.07, 6.45) is 0. The molecule has 0 saturated heterocycles. The minimum Gasteiger partial charge on any atom is -0.506 e. The zero-order valence-electron chi connectivity index (χ0n) is 13.4. The Morgan fingerprint density at radius 2 is 1.81 bits per heavy atom. The Balaban J connectivity index is 1.77. The molecule has 2 N–H and O–H groups in total. The van der Waals surface area contributed by atoms with Gasteiger partial charge in [0.1, 0.15) is 11.4 Å². The molecule has 4 nitrogen and oxygen atoms in total. The molecule has 0 saturated carbocycles. The molecule has 0 fully saturated rings. The van der Waals surface area contributed by atoms with Crippen LogP contribution in [-0.2, 0) is 6.54 Å². The lowest BCUT2D eigenvalue weighted by Crippen LogP contribution is -2.01. The molecule has 0 aliphatic carbocycles. The van der Waals surface area contributed by atoms with Gasteiger partial charge >= 0.3 is 0 Å². The molecule has 0 aliphatic rings. The first kappa shape index (κ1) is 18.6. The third-order valence-corrected chi connectivity index (χ3v) is 5.49. The first-order valence-corrected chi connectivity index (χ1v) is 9.25. The summed E-state index contributed by atoms with van der Waals surface area (Å²) in [4.78, 5) is 12.6. The van der Waals surface area contributed by atoms with Crippen molar-refractivity contribution in [2.24, 2.45) is 5.18 Å². The van der Waals surface area contributed by atoms with E-state index in [2.05, 4.69) is 10.5 Å². The van der Waals surface area contributed by atoms with Crippen LogP contribution in [-0.4, -0.2) is 5.11 Å². The van der Waals surface area contributed by atoms with Crippen LogP contribution in [0.5, 0.6) is 5.75 Å². The maximum Gasteiger partial charge on any atom is 0.140 e. The summed E-state index contributed by atoms with van der Waals surface area (Å²) in [6, 6.07) is 18.0. The van der Waals surface area contributed by atoms with Gasteiger partial charge in [0.2, 0.25) is 0 Å². The Morgan fingerprint density at radius 3 is 2.54 bits per heavy atom. The lowest BCUT2D eigenvalue weighted by atomic mass is 10.2. The summed E-state index contributed by atoms with van der Waals surface area (Å²) in [6.45, 7) is 0.506. The van der Waals surface area contributed by atoms with Gasteiger partial charge in [-0.15, -0.1) is 4.91 Å². The largest absolute Gasteiger partial charge is 0.506 e. The topological polar surface area (TPSA) is 61.7 Å². The highest BCUT2D eigenvalue weighted by Gasteiger charge is 2.08. The fourth-order valence-corrected chi connectivity index (χ4v) is 3.68. The molecule has 0 aliphatic heterocycles. The minimum atomic E-state index is -0.0169. The molecule has 0 amide bonds. The van der Waals surface area contributed by atoms with Gasteiger partial charge in [0, 0.05) is 22.4 Å². The minimum absolute atomic E-state index is 0.0169. The van der Waals surface area contributed by atoms with Crippen molar-refractivity contribution in [2.75, 3.05) is 5.32 Å². The van der Waals surface area contributed by atoms with Crippen LogP contribution < -0.4 is 5.32 Å². The Hall–Kier alpha value is -2.21. The van der Waals surface area contributed by atoms with E-state index in [0.29, 0.717) is 22.3 Å². The van der Waals surface area contributed by atoms with Crippen LogP contribution in [0.3, 0.4) is 0 Å². The summed E-state index contributed by atoms with van der Waals surface area (Å²) in [7, 11) is 0. The van der Waals surface area contributed by atoms with Crippen LogP contribution in [0.15, 0.2) is 75.6 Å². The fourth-order valence-electron chi connectivity index (χ4n) is 2.33. The predicted molar refractivity (Wildman–Crippen MR) is 108 cm³/mol. The van der Waals surface area contributed by atoms with Crippen LogP contribution in [0.25, 0.3) is 0 Å². The number of nitroso groups, excluding NO2 is 1. The number of benzene rings is 3. The van der Waals surface area contributed by atoms with E-state index in [1.807, 2.05) is 36.4 Å². The Labute approximate surface area is 165 Å². The molecule has 0 unspecified atom stereocenters. The first-order valence-electron chi connectivity index (χ1n) is 7.68. The average Bonchev–Trinajstić information content (AvgIpc) is 2.64. The van der Waals surface area contributed by atoms with E-state index in [9.17, 15) is 10.0 Å². The monoisotopic (exact) mass is 404 g/mol. The number of phenols is 1. The molecular formula is C19H14Cl2N2O2S. The third kappa shape index (κ3) is 4.49. The number of nitrogens with one attached hydrogen (secondary N) is 1. The maximum absolute atomic E-state index is 10.5. The summed E-state index contributed by atoms with van der Waals surface area (Å²) in [5.41, 5.74) is 1.77. The third-order valence-electron chi connectivity index (χ3n) is 3.65. The number of aromatic hydroxyl groups is 1. The Kier molecular flexibility index (Phi) is 6.04.